The Bertz CT molecular complexity index is 419. The Morgan fingerprint density at radius 1 is 1.32 bits per heavy atom. The fourth-order valence-corrected chi connectivity index (χ4v) is 2.20. The van der Waals surface area contributed by atoms with Crippen molar-refractivity contribution in [2.45, 2.75) is 33.6 Å². The monoisotopic (exact) mass is 326 g/mol. The van der Waals surface area contributed by atoms with Crippen LogP contribution in [0.5, 0.6) is 0 Å². The van der Waals surface area contributed by atoms with E-state index in [0.29, 0.717) is 18.9 Å². The number of halogens is 1. The van der Waals surface area contributed by atoms with E-state index in [0.717, 1.165) is 23.1 Å². The first kappa shape index (κ1) is 16.0. The van der Waals surface area contributed by atoms with Crippen LogP contribution in [0.15, 0.2) is 22.7 Å². The molecule has 0 spiro atoms. The average Bonchev–Trinajstić information content (AvgIpc) is 2.31. The van der Waals surface area contributed by atoms with Crippen LogP contribution in [0.25, 0.3) is 0 Å². The Morgan fingerprint density at radius 3 is 2.68 bits per heavy atom. The lowest BCUT2D eigenvalue weighted by molar-refractivity contribution is -0.120. The lowest BCUT2D eigenvalue weighted by Crippen LogP contribution is -2.27. The van der Waals surface area contributed by atoms with Crippen LogP contribution >= 0.6 is 15.9 Å². The average molecular weight is 327 g/mol. The van der Waals surface area contributed by atoms with Gasteiger partial charge in [-0.25, -0.2) is 0 Å². The number of hydrogen-bond acceptors (Lipinski definition) is 2. The third kappa shape index (κ3) is 6.62. The second kappa shape index (κ2) is 8.20. The standard InChI is InChI=1S/C15H23BrN2O/c1-11(2)6-8-18-15(19)7-9-17-14-5-4-13(16)10-12(14)3/h4-5,10-11,17H,6-9H2,1-3H3,(H,18,19). The number of rotatable bonds is 7. The van der Waals surface area contributed by atoms with Crippen molar-refractivity contribution in [3.05, 3.63) is 28.2 Å². The van der Waals surface area contributed by atoms with Crippen molar-refractivity contribution >= 4 is 27.5 Å². The maximum absolute atomic E-state index is 11.6. The number of carbonyl (C=O) groups is 1. The van der Waals surface area contributed by atoms with Gasteiger partial charge in [0.1, 0.15) is 0 Å². The predicted molar refractivity (Wildman–Crippen MR) is 84.5 cm³/mol. The van der Waals surface area contributed by atoms with Gasteiger partial charge in [0.2, 0.25) is 5.91 Å². The van der Waals surface area contributed by atoms with Crippen molar-refractivity contribution in [2.24, 2.45) is 5.92 Å². The lowest BCUT2D eigenvalue weighted by atomic mass is 10.1. The summed E-state index contributed by atoms with van der Waals surface area (Å²) in [6.45, 7) is 7.80. The minimum Gasteiger partial charge on any atom is -0.384 e. The molecule has 1 amide bonds. The highest BCUT2D eigenvalue weighted by molar-refractivity contribution is 9.10. The second-order valence-electron chi connectivity index (χ2n) is 5.17. The number of amides is 1. The molecule has 0 aromatic heterocycles. The van der Waals surface area contributed by atoms with Crippen molar-refractivity contribution in [1.29, 1.82) is 0 Å². The fraction of sp³-hybridized carbons (Fsp3) is 0.533. The smallest absolute Gasteiger partial charge is 0.221 e. The first-order valence-electron chi connectivity index (χ1n) is 6.75. The molecule has 0 radical (unpaired) electrons. The van der Waals surface area contributed by atoms with Gasteiger partial charge in [0.15, 0.2) is 0 Å². The number of anilines is 1. The van der Waals surface area contributed by atoms with Crippen molar-refractivity contribution in [1.82, 2.24) is 5.32 Å². The molecule has 0 heterocycles. The highest BCUT2D eigenvalue weighted by Crippen LogP contribution is 2.19. The summed E-state index contributed by atoms with van der Waals surface area (Å²) >= 11 is 3.44. The molecule has 0 aliphatic carbocycles. The lowest BCUT2D eigenvalue weighted by Gasteiger charge is -2.10. The molecule has 2 N–H and O–H groups in total. The molecular weight excluding hydrogens is 304 g/mol. The van der Waals surface area contributed by atoms with E-state index in [9.17, 15) is 4.79 Å². The van der Waals surface area contributed by atoms with Gasteiger partial charge in [0.05, 0.1) is 0 Å². The summed E-state index contributed by atoms with van der Waals surface area (Å²) in [5, 5.41) is 6.23. The van der Waals surface area contributed by atoms with Crippen LogP contribution in [0.3, 0.4) is 0 Å². The number of hydrogen-bond donors (Lipinski definition) is 2. The van der Waals surface area contributed by atoms with E-state index < -0.39 is 0 Å². The molecular formula is C15H23BrN2O. The largest absolute Gasteiger partial charge is 0.384 e. The van der Waals surface area contributed by atoms with Crippen LogP contribution in [-0.2, 0) is 4.79 Å². The van der Waals surface area contributed by atoms with Gasteiger partial charge in [-0.1, -0.05) is 29.8 Å². The molecule has 0 unspecified atom stereocenters. The van der Waals surface area contributed by atoms with Gasteiger partial charge in [0, 0.05) is 29.7 Å². The Morgan fingerprint density at radius 2 is 2.05 bits per heavy atom. The first-order valence-corrected chi connectivity index (χ1v) is 7.55. The molecule has 0 bridgehead atoms. The molecule has 0 saturated heterocycles. The Balaban J connectivity index is 2.24. The summed E-state index contributed by atoms with van der Waals surface area (Å²) < 4.78 is 1.07. The third-order valence-corrected chi connectivity index (χ3v) is 3.39. The van der Waals surface area contributed by atoms with E-state index in [-0.39, 0.29) is 5.91 Å². The summed E-state index contributed by atoms with van der Waals surface area (Å²) in [6, 6.07) is 6.08. The minimum absolute atomic E-state index is 0.114. The van der Waals surface area contributed by atoms with Gasteiger partial charge < -0.3 is 10.6 Å². The van der Waals surface area contributed by atoms with Crippen LogP contribution in [0.4, 0.5) is 5.69 Å². The first-order chi connectivity index (χ1) is 8.99. The van der Waals surface area contributed by atoms with Crippen molar-refractivity contribution in [3.8, 4) is 0 Å². The van der Waals surface area contributed by atoms with E-state index in [2.05, 4.69) is 53.4 Å². The molecule has 19 heavy (non-hydrogen) atoms. The van der Waals surface area contributed by atoms with Crippen LogP contribution < -0.4 is 10.6 Å². The van der Waals surface area contributed by atoms with Gasteiger partial charge in [-0.3, -0.25) is 4.79 Å². The molecule has 3 nitrogen and oxygen atoms in total. The molecule has 0 saturated carbocycles. The maximum atomic E-state index is 11.6. The van der Waals surface area contributed by atoms with Gasteiger partial charge >= 0.3 is 0 Å². The molecule has 4 heteroatoms. The van der Waals surface area contributed by atoms with Gasteiger partial charge in [0.25, 0.3) is 0 Å². The van der Waals surface area contributed by atoms with Crippen LogP contribution in [0.2, 0.25) is 0 Å². The van der Waals surface area contributed by atoms with Gasteiger partial charge in [-0.2, -0.15) is 0 Å². The molecule has 1 rings (SSSR count). The number of benzene rings is 1. The SMILES string of the molecule is Cc1cc(Br)ccc1NCCC(=O)NCCC(C)C. The summed E-state index contributed by atoms with van der Waals surface area (Å²) in [5.74, 6) is 0.742. The molecule has 0 aliphatic rings. The highest BCUT2D eigenvalue weighted by atomic mass is 79.9. The molecule has 0 fully saturated rings. The number of carbonyl (C=O) groups excluding carboxylic acids is 1. The third-order valence-electron chi connectivity index (χ3n) is 2.90. The summed E-state index contributed by atoms with van der Waals surface area (Å²) in [7, 11) is 0. The van der Waals surface area contributed by atoms with Crippen LogP contribution in [-0.4, -0.2) is 19.0 Å². The van der Waals surface area contributed by atoms with E-state index in [1.165, 1.54) is 5.56 Å². The van der Waals surface area contributed by atoms with E-state index >= 15 is 0 Å². The van der Waals surface area contributed by atoms with E-state index in [1.54, 1.807) is 0 Å². The Hall–Kier alpha value is -1.03. The summed E-state index contributed by atoms with van der Waals surface area (Å²) in [6.07, 6.45) is 1.54. The molecule has 1 aromatic carbocycles. The Labute approximate surface area is 124 Å². The van der Waals surface area contributed by atoms with Gasteiger partial charge in [-0.05, 0) is 43.0 Å². The minimum atomic E-state index is 0.114. The zero-order valence-corrected chi connectivity index (χ0v) is 13.5. The van der Waals surface area contributed by atoms with Crippen molar-refractivity contribution in [2.75, 3.05) is 18.4 Å². The Kier molecular flexibility index (Phi) is 6.92. The number of aryl methyl sites for hydroxylation is 1. The molecule has 106 valence electrons. The van der Waals surface area contributed by atoms with E-state index in [4.69, 9.17) is 0 Å². The van der Waals surface area contributed by atoms with Crippen LogP contribution in [0.1, 0.15) is 32.3 Å². The fourth-order valence-electron chi connectivity index (χ4n) is 1.72. The molecule has 1 aromatic rings. The molecule has 0 aliphatic heterocycles. The highest BCUT2D eigenvalue weighted by Gasteiger charge is 2.03. The van der Waals surface area contributed by atoms with E-state index in [1.807, 2.05) is 12.1 Å². The topological polar surface area (TPSA) is 41.1 Å². The zero-order chi connectivity index (χ0) is 14.3. The number of nitrogens with one attached hydrogen (secondary N) is 2. The quantitative estimate of drug-likeness (QED) is 0.801. The van der Waals surface area contributed by atoms with Crippen LogP contribution in [0, 0.1) is 12.8 Å². The summed E-state index contributed by atoms with van der Waals surface area (Å²) in [5.41, 5.74) is 2.26. The van der Waals surface area contributed by atoms with Gasteiger partial charge in [-0.15, -0.1) is 0 Å². The molecule has 0 atom stereocenters. The second-order valence-corrected chi connectivity index (χ2v) is 6.08. The predicted octanol–water partition coefficient (Wildman–Crippen LogP) is 3.72. The van der Waals surface area contributed by atoms with Crippen molar-refractivity contribution < 1.29 is 4.79 Å². The van der Waals surface area contributed by atoms with Crippen molar-refractivity contribution in [3.63, 3.8) is 0 Å². The normalized spacial score (nSPS) is 10.6. The maximum Gasteiger partial charge on any atom is 0.221 e. The summed E-state index contributed by atoms with van der Waals surface area (Å²) in [4.78, 5) is 11.6. The zero-order valence-electron chi connectivity index (χ0n) is 11.9.